The molecule has 0 saturated heterocycles. The Morgan fingerprint density at radius 1 is 1.30 bits per heavy atom. The van der Waals surface area contributed by atoms with Gasteiger partial charge in [0.05, 0.1) is 0 Å². The molecule has 10 heavy (non-hydrogen) atoms. The van der Waals surface area contributed by atoms with Gasteiger partial charge in [-0.15, -0.1) is 12.3 Å². The number of terminal acetylenes is 1. The monoisotopic (exact) mass is 139 g/mol. The summed E-state index contributed by atoms with van der Waals surface area (Å²) in [6.45, 7) is 8.04. The summed E-state index contributed by atoms with van der Waals surface area (Å²) in [5.41, 5.74) is 5.57. The van der Waals surface area contributed by atoms with Crippen LogP contribution in [0.5, 0.6) is 0 Å². The van der Waals surface area contributed by atoms with E-state index in [0.29, 0.717) is 0 Å². The van der Waals surface area contributed by atoms with Gasteiger partial charge < -0.3 is 5.73 Å². The van der Waals surface area contributed by atoms with Crippen molar-refractivity contribution in [2.45, 2.75) is 39.7 Å². The highest BCUT2D eigenvalue weighted by molar-refractivity contribution is 5.03. The zero-order valence-electron chi connectivity index (χ0n) is 7.36. The summed E-state index contributed by atoms with van der Waals surface area (Å²) in [7, 11) is 0. The third-order valence-electron chi connectivity index (χ3n) is 1.29. The lowest BCUT2D eigenvalue weighted by molar-refractivity contribution is 0.335. The van der Waals surface area contributed by atoms with E-state index in [0.717, 1.165) is 6.42 Å². The van der Waals surface area contributed by atoms with Crippen molar-refractivity contribution in [3.05, 3.63) is 0 Å². The smallest absolute Gasteiger partial charge is 0.0273 e. The summed E-state index contributed by atoms with van der Waals surface area (Å²) in [5, 5.41) is 0. The van der Waals surface area contributed by atoms with Crippen molar-refractivity contribution in [1.82, 2.24) is 0 Å². The maximum Gasteiger partial charge on any atom is 0.0273 e. The minimum Gasteiger partial charge on any atom is -0.326 e. The normalized spacial score (nSPS) is 12.8. The fourth-order valence-corrected chi connectivity index (χ4v) is 1.19. The van der Waals surface area contributed by atoms with E-state index < -0.39 is 0 Å². The first-order valence-electron chi connectivity index (χ1n) is 3.53. The minimum atomic E-state index is -0.157. The topological polar surface area (TPSA) is 26.0 Å². The SMILES string of the molecule is C#CC(C)(C)CC(C)(C)N. The molecule has 1 heteroatoms. The fraction of sp³-hybridized carbons (Fsp3) is 0.778. The van der Waals surface area contributed by atoms with Crippen molar-refractivity contribution in [2.75, 3.05) is 0 Å². The molecule has 0 aliphatic heterocycles. The van der Waals surface area contributed by atoms with Gasteiger partial charge in [0.1, 0.15) is 0 Å². The third-order valence-corrected chi connectivity index (χ3v) is 1.29. The molecular formula is C9H17N. The van der Waals surface area contributed by atoms with Gasteiger partial charge in [-0.05, 0) is 34.1 Å². The molecule has 0 rings (SSSR count). The van der Waals surface area contributed by atoms with Gasteiger partial charge in [0.15, 0.2) is 0 Å². The van der Waals surface area contributed by atoms with Crippen molar-refractivity contribution in [2.24, 2.45) is 11.1 Å². The molecule has 1 nitrogen and oxygen atoms in total. The zero-order valence-corrected chi connectivity index (χ0v) is 7.36. The van der Waals surface area contributed by atoms with Crippen LogP contribution in [-0.2, 0) is 0 Å². The Bertz CT molecular complexity index is 143. The van der Waals surface area contributed by atoms with E-state index in [9.17, 15) is 0 Å². The molecule has 0 saturated carbocycles. The zero-order chi connectivity index (χ0) is 8.41. The molecule has 0 radical (unpaired) electrons. The number of hydrogen-bond acceptors (Lipinski definition) is 1. The van der Waals surface area contributed by atoms with E-state index in [1.807, 2.05) is 27.7 Å². The predicted octanol–water partition coefficient (Wildman–Crippen LogP) is 1.77. The maximum atomic E-state index is 5.80. The Labute approximate surface area is 64.0 Å². The Morgan fingerprint density at radius 2 is 1.70 bits per heavy atom. The molecule has 0 aliphatic carbocycles. The summed E-state index contributed by atoms with van der Waals surface area (Å²) >= 11 is 0. The van der Waals surface area contributed by atoms with Gasteiger partial charge in [0.2, 0.25) is 0 Å². The predicted molar refractivity (Wildman–Crippen MR) is 45.5 cm³/mol. The van der Waals surface area contributed by atoms with Crippen molar-refractivity contribution < 1.29 is 0 Å². The van der Waals surface area contributed by atoms with E-state index in [1.54, 1.807) is 0 Å². The van der Waals surface area contributed by atoms with Crippen LogP contribution in [0.25, 0.3) is 0 Å². The molecular weight excluding hydrogens is 122 g/mol. The van der Waals surface area contributed by atoms with Crippen LogP contribution < -0.4 is 5.73 Å². The molecule has 0 aromatic heterocycles. The second-order valence-corrected chi connectivity index (χ2v) is 4.19. The van der Waals surface area contributed by atoms with E-state index in [2.05, 4.69) is 5.92 Å². The van der Waals surface area contributed by atoms with Gasteiger partial charge >= 0.3 is 0 Å². The maximum absolute atomic E-state index is 5.80. The molecule has 0 spiro atoms. The lowest BCUT2D eigenvalue weighted by Crippen LogP contribution is -2.36. The molecule has 0 aromatic rings. The highest BCUT2D eigenvalue weighted by atomic mass is 14.7. The molecule has 0 amide bonds. The van der Waals surface area contributed by atoms with E-state index >= 15 is 0 Å². The first-order chi connectivity index (χ1) is 4.27. The van der Waals surface area contributed by atoms with Crippen LogP contribution >= 0.6 is 0 Å². The summed E-state index contributed by atoms with van der Waals surface area (Å²) < 4.78 is 0. The van der Waals surface area contributed by atoms with Crippen LogP contribution in [0.1, 0.15) is 34.1 Å². The molecule has 0 heterocycles. The average Bonchev–Trinajstić information content (AvgIpc) is 1.60. The second kappa shape index (κ2) is 2.64. The van der Waals surface area contributed by atoms with Crippen molar-refractivity contribution >= 4 is 0 Å². The molecule has 0 unspecified atom stereocenters. The van der Waals surface area contributed by atoms with Gasteiger partial charge in [-0.2, -0.15) is 0 Å². The van der Waals surface area contributed by atoms with Gasteiger partial charge in [-0.1, -0.05) is 0 Å². The molecule has 0 bridgehead atoms. The summed E-state index contributed by atoms with van der Waals surface area (Å²) in [4.78, 5) is 0. The van der Waals surface area contributed by atoms with Crippen LogP contribution in [0.3, 0.4) is 0 Å². The van der Waals surface area contributed by atoms with E-state index in [4.69, 9.17) is 12.2 Å². The Hall–Kier alpha value is -0.480. The van der Waals surface area contributed by atoms with Crippen LogP contribution in [-0.4, -0.2) is 5.54 Å². The van der Waals surface area contributed by atoms with Crippen molar-refractivity contribution in [3.8, 4) is 12.3 Å². The minimum absolute atomic E-state index is 0.0712. The van der Waals surface area contributed by atoms with Crippen LogP contribution in [0.4, 0.5) is 0 Å². The number of rotatable bonds is 2. The number of nitrogens with two attached hydrogens (primary N) is 1. The number of hydrogen-bond donors (Lipinski definition) is 1. The van der Waals surface area contributed by atoms with Gasteiger partial charge in [0.25, 0.3) is 0 Å². The largest absolute Gasteiger partial charge is 0.326 e. The fourth-order valence-electron chi connectivity index (χ4n) is 1.19. The third kappa shape index (κ3) is 4.40. The average molecular weight is 139 g/mol. The lowest BCUT2D eigenvalue weighted by Gasteiger charge is -2.27. The molecule has 0 aromatic carbocycles. The highest BCUT2D eigenvalue weighted by Gasteiger charge is 2.23. The van der Waals surface area contributed by atoms with Crippen molar-refractivity contribution in [1.29, 1.82) is 0 Å². The van der Waals surface area contributed by atoms with Crippen LogP contribution in [0.2, 0.25) is 0 Å². The van der Waals surface area contributed by atoms with E-state index in [-0.39, 0.29) is 11.0 Å². The quantitative estimate of drug-likeness (QED) is 0.580. The molecule has 2 N–H and O–H groups in total. The molecule has 0 fully saturated rings. The van der Waals surface area contributed by atoms with Crippen molar-refractivity contribution in [3.63, 3.8) is 0 Å². The standard InChI is InChI=1S/C9H17N/c1-6-8(2,3)7-9(4,5)10/h1H,7,10H2,2-5H3. The first kappa shape index (κ1) is 9.52. The van der Waals surface area contributed by atoms with E-state index in [1.165, 1.54) is 0 Å². The summed E-state index contributed by atoms with van der Waals surface area (Å²) in [5.74, 6) is 2.72. The van der Waals surface area contributed by atoms with Gasteiger partial charge in [-0.3, -0.25) is 0 Å². The summed E-state index contributed by atoms with van der Waals surface area (Å²) in [6.07, 6.45) is 6.17. The van der Waals surface area contributed by atoms with Crippen LogP contribution in [0, 0.1) is 17.8 Å². The summed E-state index contributed by atoms with van der Waals surface area (Å²) in [6, 6.07) is 0. The Balaban J connectivity index is 4.05. The Kier molecular flexibility index (Phi) is 2.51. The molecule has 0 atom stereocenters. The first-order valence-corrected chi connectivity index (χ1v) is 3.53. The second-order valence-electron chi connectivity index (χ2n) is 4.19. The lowest BCUT2D eigenvalue weighted by atomic mass is 9.81. The van der Waals surface area contributed by atoms with Gasteiger partial charge in [0, 0.05) is 11.0 Å². The van der Waals surface area contributed by atoms with Crippen LogP contribution in [0.15, 0.2) is 0 Å². The van der Waals surface area contributed by atoms with Gasteiger partial charge in [-0.25, -0.2) is 0 Å². The molecule has 58 valence electrons. The highest BCUT2D eigenvalue weighted by Crippen LogP contribution is 2.24. The molecule has 0 aliphatic rings. The Morgan fingerprint density at radius 3 is 1.80 bits per heavy atom.